The molecule has 1 aliphatic heterocycles. The summed E-state index contributed by atoms with van der Waals surface area (Å²) in [7, 11) is 0. The number of nitrogens with zero attached hydrogens (tertiary/aromatic N) is 3. The smallest absolute Gasteiger partial charge is 0.275 e. The maximum atomic E-state index is 12.2. The number of hydrogen-bond donors (Lipinski definition) is 2. The van der Waals surface area contributed by atoms with Crippen LogP contribution in [0.4, 0.5) is 0 Å². The molecule has 0 bridgehead atoms. The first-order valence-electron chi connectivity index (χ1n) is 7.70. The first-order chi connectivity index (χ1) is 10.8. The second kappa shape index (κ2) is 6.70. The van der Waals surface area contributed by atoms with Crippen molar-refractivity contribution in [3.05, 3.63) is 30.0 Å². The summed E-state index contributed by atoms with van der Waals surface area (Å²) in [4.78, 5) is 14.5. The average Bonchev–Trinajstić information content (AvgIpc) is 2.56. The molecule has 2 N–H and O–H groups in total. The van der Waals surface area contributed by atoms with Crippen molar-refractivity contribution in [2.75, 3.05) is 26.2 Å². The SMILES string of the molecule is O=C(NCCN1CCCCC1)c1nnc2ccccc2c1O. The summed E-state index contributed by atoms with van der Waals surface area (Å²) in [5.74, 6) is -0.492. The fraction of sp³-hybridized carbons (Fsp3) is 0.438. The summed E-state index contributed by atoms with van der Waals surface area (Å²) in [5, 5.41) is 21.4. The predicted octanol–water partition coefficient (Wildman–Crippen LogP) is 1.55. The number of carbonyl (C=O) groups is 1. The Kier molecular flexibility index (Phi) is 4.48. The zero-order valence-electron chi connectivity index (χ0n) is 12.5. The Hall–Kier alpha value is -2.21. The van der Waals surface area contributed by atoms with E-state index in [1.54, 1.807) is 18.2 Å². The van der Waals surface area contributed by atoms with Crippen LogP contribution in [0.3, 0.4) is 0 Å². The molecule has 0 saturated carbocycles. The van der Waals surface area contributed by atoms with Crippen LogP contribution in [0.2, 0.25) is 0 Å². The maximum Gasteiger partial charge on any atom is 0.275 e. The molecule has 6 heteroatoms. The Morgan fingerprint density at radius 3 is 2.77 bits per heavy atom. The van der Waals surface area contributed by atoms with Crippen LogP contribution in [0.5, 0.6) is 5.75 Å². The summed E-state index contributed by atoms with van der Waals surface area (Å²) in [6, 6.07) is 7.08. The lowest BCUT2D eigenvalue weighted by atomic mass is 10.1. The quantitative estimate of drug-likeness (QED) is 0.895. The zero-order chi connectivity index (χ0) is 15.4. The molecule has 1 saturated heterocycles. The Labute approximate surface area is 129 Å². The van der Waals surface area contributed by atoms with E-state index < -0.39 is 0 Å². The molecule has 2 aromatic rings. The number of benzene rings is 1. The van der Waals surface area contributed by atoms with Crippen LogP contribution in [0.15, 0.2) is 24.3 Å². The van der Waals surface area contributed by atoms with Crippen molar-refractivity contribution in [1.29, 1.82) is 0 Å². The summed E-state index contributed by atoms with van der Waals surface area (Å²) >= 11 is 0. The number of likely N-dealkylation sites (tertiary alicyclic amines) is 1. The Morgan fingerprint density at radius 2 is 1.95 bits per heavy atom. The number of carbonyl (C=O) groups excluding carboxylic acids is 1. The Bertz CT molecular complexity index is 668. The number of aromatic nitrogens is 2. The monoisotopic (exact) mass is 300 g/mol. The van der Waals surface area contributed by atoms with Gasteiger partial charge in [-0.3, -0.25) is 4.79 Å². The van der Waals surface area contributed by atoms with Crippen molar-refractivity contribution in [2.24, 2.45) is 0 Å². The third-order valence-electron chi connectivity index (χ3n) is 4.02. The minimum atomic E-state index is -0.382. The van der Waals surface area contributed by atoms with Crippen molar-refractivity contribution in [1.82, 2.24) is 20.4 Å². The summed E-state index contributed by atoms with van der Waals surface area (Å²) in [6.45, 7) is 3.56. The number of rotatable bonds is 4. The van der Waals surface area contributed by atoms with Crippen LogP contribution in [-0.4, -0.2) is 52.3 Å². The van der Waals surface area contributed by atoms with Gasteiger partial charge in [0.05, 0.1) is 5.52 Å². The van der Waals surface area contributed by atoms with Gasteiger partial charge >= 0.3 is 0 Å². The molecule has 6 nitrogen and oxygen atoms in total. The molecule has 0 aliphatic carbocycles. The molecule has 0 radical (unpaired) electrons. The molecular weight excluding hydrogens is 280 g/mol. The average molecular weight is 300 g/mol. The molecule has 1 aromatic heterocycles. The normalized spacial score (nSPS) is 15.8. The lowest BCUT2D eigenvalue weighted by molar-refractivity contribution is 0.0938. The third kappa shape index (κ3) is 3.17. The zero-order valence-corrected chi connectivity index (χ0v) is 12.5. The largest absolute Gasteiger partial charge is 0.505 e. The van der Waals surface area contributed by atoms with Gasteiger partial charge in [0, 0.05) is 18.5 Å². The summed E-state index contributed by atoms with van der Waals surface area (Å²) < 4.78 is 0. The van der Waals surface area contributed by atoms with Gasteiger partial charge in [-0.2, -0.15) is 0 Å². The number of nitrogens with one attached hydrogen (secondary N) is 1. The van der Waals surface area contributed by atoms with Crippen molar-refractivity contribution < 1.29 is 9.90 Å². The molecule has 1 amide bonds. The number of amides is 1. The van der Waals surface area contributed by atoms with Crippen molar-refractivity contribution in [3.8, 4) is 5.75 Å². The molecule has 116 valence electrons. The highest BCUT2D eigenvalue weighted by molar-refractivity contribution is 6.00. The molecule has 3 rings (SSSR count). The van der Waals surface area contributed by atoms with Crippen LogP contribution in [0.25, 0.3) is 10.9 Å². The topological polar surface area (TPSA) is 78.4 Å². The van der Waals surface area contributed by atoms with Gasteiger partial charge in [-0.05, 0) is 38.1 Å². The number of fused-ring (bicyclic) bond motifs is 1. The van der Waals surface area contributed by atoms with E-state index in [1.807, 2.05) is 6.07 Å². The third-order valence-corrected chi connectivity index (χ3v) is 4.02. The lowest BCUT2D eigenvalue weighted by Gasteiger charge is -2.26. The summed E-state index contributed by atoms with van der Waals surface area (Å²) in [6.07, 6.45) is 3.75. The molecule has 0 unspecified atom stereocenters. The van der Waals surface area contributed by atoms with Gasteiger partial charge in [-0.25, -0.2) is 0 Å². The van der Waals surface area contributed by atoms with E-state index in [0.29, 0.717) is 17.4 Å². The second-order valence-corrected chi connectivity index (χ2v) is 5.57. The highest BCUT2D eigenvalue weighted by Gasteiger charge is 2.17. The first-order valence-corrected chi connectivity index (χ1v) is 7.70. The standard InChI is InChI=1S/C16H20N4O2/c21-15-12-6-2-3-7-13(12)18-19-14(15)16(22)17-8-11-20-9-4-1-5-10-20/h2-3,6-7H,1,4-5,8-11H2,(H,17,22)(H,18,21). The van der Waals surface area contributed by atoms with E-state index in [2.05, 4.69) is 20.4 Å². The fourth-order valence-corrected chi connectivity index (χ4v) is 2.79. The summed E-state index contributed by atoms with van der Waals surface area (Å²) in [5.41, 5.74) is 0.558. The van der Waals surface area contributed by atoms with E-state index in [4.69, 9.17) is 0 Å². The van der Waals surface area contributed by atoms with Gasteiger partial charge in [-0.1, -0.05) is 18.6 Å². The van der Waals surface area contributed by atoms with E-state index in [9.17, 15) is 9.90 Å². The number of hydrogen-bond acceptors (Lipinski definition) is 5. The van der Waals surface area contributed by atoms with E-state index in [0.717, 1.165) is 19.6 Å². The molecule has 0 atom stereocenters. The van der Waals surface area contributed by atoms with E-state index in [-0.39, 0.29) is 17.4 Å². The molecule has 0 spiro atoms. The van der Waals surface area contributed by atoms with Crippen molar-refractivity contribution in [2.45, 2.75) is 19.3 Å². The van der Waals surface area contributed by atoms with Crippen LogP contribution in [0, 0.1) is 0 Å². The highest BCUT2D eigenvalue weighted by atomic mass is 16.3. The van der Waals surface area contributed by atoms with Gasteiger partial charge in [0.15, 0.2) is 11.4 Å². The molecule has 1 fully saturated rings. The molecule has 2 heterocycles. The maximum absolute atomic E-state index is 12.2. The first kappa shape index (κ1) is 14.7. The van der Waals surface area contributed by atoms with Crippen molar-refractivity contribution in [3.63, 3.8) is 0 Å². The molecule has 1 aliphatic rings. The van der Waals surface area contributed by atoms with E-state index >= 15 is 0 Å². The number of piperidine rings is 1. The molecular formula is C16H20N4O2. The fourth-order valence-electron chi connectivity index (χ4n) is 2.79. The number of aromatic hydroxyl groups is 1. The Morgan fingerprint density at radius 1 is 1.18 bits per heavy atom. The van der Waals surface area contributed by atoms with Crippen LogP contribution >= 0.6 is 0 Å². The van der Waals surface area contributed by atoms with Crippen LogP contribution in [0.1, 0.15) is 29.8 Å². The van der Waals surface area contributed by atoms with Gasteiger partial charge in [-0.15, -0.1) is 10.2 Å². The van der Waals surface area contributed by atoms with Gasteiger partial charge in [0.2, 0.25) is 0 Å². The Balaban J connectivity index is 1.63. The lowest BCUT2D eigenvalue weighted by Crippen LogP contribution is -2.37. The van der Waals surface area contributed by atoms with E-state index in [1.165, 1.54) is 19.3 Å². The minimum absolute atomic E-state index is 0.0163. The second-order valence-electron chi connectivity index (χ2n) is 5.57. The molecule has 22 heavy (non-hydrogen) atoms. The minimum Gasteiger partial charge on any atom is -0.505 e. The van der Waals surface area contributed by atoms with Crippen LogP contribution < -0.4 is 5.32 Å². The van der Waals surface area contributed by atoms with Crippen molar-refractivity contribution >= 4 is 16.8 Å². The molecule has 1 aromatic carbocycles. The van der Waals surface area contributed by atoms with Crippen LogP contribution in [-0.2, 0) is 0 Å². The predicted molar refractivity (Wildman–Crippen MR) is 83.8 cm³/mol. The van der Waals surface area contributed by atoms with Gasteiger partial charge in [0.25, 0.3) is 5.91 Å². The van der Waals surface area contributed by atoms with Gasteiger partial charge < -0.3 is 15.3 Å². The van der Waals surface area contributed by atoms with Gasteiger partial charge in [0.1, 0.15) is 0 Å². The highest BCUT2D eigenvalue weighted by Crippen LogP contribution is 2.24.